The summed E-state index contributed by atoms with van der Waals surface area (Å²) in [5.41, 5.74) is -0.410. The predicted molar refractivity (Wildman–Crippen MR) is 66.0 cm³/mol. The summed E-state index contributed by atoms with van der Waals surface area (Å²) in [6.07, 6.45) is -5.11. The number of aliphatic hydroxyl groups excluding tert-OH is 1. The minimum Gasteiger partial charge on any atom is -0.389 e. The van der Waals surface area contributed by atoms with Crippen molar-refractivity contribution in [2.45, 2.75) is 18.8 Å². The number of hydrogen-bond acceptors (Lipinski definition) is 3. The van der Waals surface area contributed by atoms with Crippen molar-refractivity contribution in [1.82, 2.24) is 5.32 Å². The van der Waals surface area contributed by atoms with E-state index in [0.717, 1.165) is 12.1 Å². The van der Waals surface area contributed by atoms with E-state index in [4.69, 9.17) is 16.3 Å². The highest BCUT2D eigenvalue weighted by atomic mass is 35.5. The Morgan fingerprint density at radius 1 is 1.42 bits per heavy atom. The molecule has 0 unspecified atom stereocenters. The van der Waals surface area contributed by atoms with E-state index in [1.165, 1.54) is 13.2 Å². The van der Waals surface area contributed by atoms with Gasteiger partial charge in [0.25, 0.3) is 0 Å². The van der Waals surface area contributed by atoms with Gasteiger partial charge in [0.15, 0.2) is 0 Å². The molecule has 0 heterocycles. The van der Waals surface area contributed by atoms with Crippen LogP contribution in [0.15, 0.2) is 18.2 Å². The van der Waals surface area contributed by atoms with Crippen LogP contribution in [-0.2, 0) is 17.5 Å². The van der Waals surface area contributed by atoms with Gasteiger partial charge in [-0.15, -0.1) is 0 Å². The molecule has 0 saturated carbocycles. The van der Waals surface area contributed by atoms with Gasteiger partial charge in [0.2, 0.25) is 0 Å². The molecule has 3 nitrogen and oxygen atoms in total. The molecule has 0 aromatic heterocycles. The van der Waals surface area contributed by atoms with Gasteiger partial charge >= 0.3 is 6.18 Å². The van der Waals surface area contributed by atoms with Crippen molar-refractivity contribution in [1.29, 1.82) is 0 Å². The lowest BCUT2D eigenvalue weighted by Gasteiger charge is -2.13. The van der Waals surface area contributed by atoms with Gasteiger partial charge in [-0.05, 0) is 23.8 Å². The number of rotatable bonds is 6. The minimum absolute atomic E-state index is 0.142. The van der Waals surface area contributed by atoms with E-state index < -0.39 is 17.8 Å². The quantitative estimate of drug-likeness (QED) is 0.847. The summed E-state index contributed by atoms with van der Waals surface area (Å²) in [6, 6.07) is 3.15. The molecule has 7 heteroatoms. The van der Waals surface area contributed by atoms with E-state index in [9.17, 15) is 18.3 Å². The Balaban J connectivity index is 2.63. The highest BCUT2D eigenvalue weighted by Crippen LogP contribution is 2.31. The third-order valence-corrected chi connectivity index (χ3v) is 2.80. The van der Waals surface area contributed by atoms with Gasteiger partial charge in [-0.3, -0.25) is 0 Å². The number of nitrogens with one attached hydrogen (secondary N) is 1. The average molecular weight is 298 g/mol. The molecule has 1 rings (SSSR count). The summed E-state index contributed by atoms with van der Waals surface area (Å²) in [6.45, 7) is 0.507. The highest BCUT2D eigenvalue weighted by molar-refractivity contribution is 6.31. The zero-order valence-electron chi connectivity index (χ0n) is 10.3. The van der Waals surface area contributed by atoms with Gasteiger partial charge in [0.05, 0.1) is 18.3 Å². The van der Waals surface area contributed by atoms with Crippen LogP contribution in [0.1, 0.15) is 11.1 Å². The largest absolute Gasteiger partial charge is 0.416 e. The van der Waals surface area contributed by atoms with E-state index >= 15 is 0 Å². The molecule has 0 aliphatic carbocycles. The monoisotopic (exact) mass is 297 g/mol. The summed E-state index contributed by atoms with van der Waals surface area (Å²) in [5.74, 6) is 0. The SMILES string of the molecule is COC[C@@H](O)CNCc1cc(C(F)(F)F)ccc1Cl. The average Bonchev–Trinajstić information content (AvgIpc) is 2.30. The summed E-state index contributed by atoms with van der Waals surface area (Å²) in [7, 11) is 1.45. The Morgan fingerprint density at radius 3 is 2.68 bits per heavy atom. The molecule has 2 N–H and O–H groups in total. The molecule has 108 valence electrons. The van der Waals surface area contributed by atoms with E-state index in [-0.39, 0.29) is 24.7 Å². The molecular weight excluding hydrogens is 283 g/mol. The standard InChI is InChI=1S/C12H15ClF3NO2/c1-19-7-10(18)6-17-5-8-4-9(12(14,15)16)2-3-11(8)13/h2-4,10,17-18H,5-7H2,1H3/t10-/m0/s1. The lowest BCUT2D eigenvalue weighted by Crippen LogP contribution is -2.29. The van der Waals surface area contributed by atoms with Gasteiger partial charge in [-0.2, -0.15) is 13.2 Å². The Morgan fingerprint density at radius 2 is 2.11 bits per heavy atom. The van der Waals surface area contributed by atoms with E-state index in [0.29, 0.717) is 5.56 Å². The molecule has 0 radical (unpaired) electrons. The van der Waals surface area contributed by atoms with Crippen molar-refractivity contribution >= 4 is 11.6 Å². The molecule has 0 aliphatic heterocycles. The normalized spacial score (nSPS) is 13.6. The Hall–Kier alpha value is -0.820. The molecule has 0 aliphatic rings. The number of methoxy groups -OCH3 is 1. The molecule has 19 heavy (non-hydrogen) atoms. The van der Waals surface area contributed by atoms with Crippen LogP contribution in [0.4, 0.5) is 13.2 Å². The second kappa shape index (κ2) is 7.09. The Bertz CT molecular complexity index is 412. The number of alkyl halides is 3. The highest BCUT2D eigenvalue weighted by Gasteiger charge is 2.30. The van der Waals surface area contributed by atoms with E-state index in [2.05, 4.69) is 5.32 Å². The maximum Gasteiger partial charge on any atom is 0.416 e. The molecule has 0 saturated heterocycles. The molecular formula is C12H15ClF3NO2. The van der Waals surface area contributed by atoms with Crippen molar-refractivity contribution in [2.24, 2.45) is 0 Å². The van der Waals surface area contributed by atoms with Crippen LogP contribution in [-0.4, -0.2) is 31.5 Å². The van der Waals surface area contributed by atoms with E-state index in [1.807, 2.05) is 0 Å². The molecule has 1 atom stereocenters. The van der Waals surface area contributed by atoms with Gasteiger partial charge in [-0.25, -0.2) is 0 Å². The minimum atomic E-state index is -4.39. The van der Waals surface area contributed by atoms with Crippen molar-refractivity contribution in [3.63, 3.8) is 0 Å². The fourth-order valence-corrected chi connectivity index (χ4v) is 1.70. The first-order chi connectivity index (χ1) is 8.84. The Labute approximate surface area is 114 Å². The van der Waals surface area contributed by atoms with Crippen LogP contribution in [0, 0.1) is 0 Å². The molecule has 0 bridgehead atoms. The summed E-state index contributed by atoms with van der Waals surface area (Å²) < 4.78 is 42.3. The maximum atomic E-state index is 12.5. The van der Waals surface area contributed by atoms with Crippen LogP contribution < -0.4 is 5.32 Å². The predicted octanol–water partition coefficient (Wildman–Crippen LogP) is 2.46. The smallest absolute Gasteiger partial charge is 0.389 e. The summed E-state index contributed by atoms with van der Waals surface area (Å²) in [5, 5.41) is 12.5. The zero-order chi connectivity index (χ0) is 14.5. The first-order valence-electron chi connectivity index (χ1n) is 5.58. The van der Waals surface area contributed by atoms with Gasteiger partial charge in [0, 0.05) is 25.2 Å². The number of benzene rings is 1. The Kier molecular flexibility index (Phi) is 6.06. The molecule has 1 aromatic rings. The van der Waals surface area contributed by atoms with Gasteiger partial charge < -0.3 is 15.2 Å². The fraction of sp³-hybridized carbons (Fsp3) is 0.500. The second-order valence-electron chi connectivity index (χ2n) is 4.04. The van der Waals surface area contributed by atoms with Crippen LogP contribution in [0.3, 0.4) is 0 Å². The van der Waals surface area contributed by atoms with Gasteiger partial charge in [-0.1, -0.05) is 11.6 Å². The second-order valence-corrected chi connectivity index (χ2v) is 4.45. The van der Waals surface area contributed by atoms with Crippen LogP contribution >= 0.6 is 11.6 Å². The molecule has 1 aromatic carbocycles. The first-order valence-corrected chi connectivity index (χ1v) is 5.95. The van der Waals surface area contributed by atoms with E-state index in [1.54, 1.807) is 0 Å². The number of hydrogen-bond donors (Lipinski definition) is 2. The van der Waals surface area contributed by atoms with Crippen LogP contribution in [0.5, 0.6) is 0 Å². The zero-order valence-corrected chi connectivity index (χ0v) is 11.1. The molecule has 0 spiro atoms. The van der Waals surface area contributed by atoms with Crippen molar-refractivity contribution in [3.8, 4) is 0 Å². The number of halogens is 4. The third kappa shape index (κ3) is 5.36. The van der Waals surface area contributed by atoms with Gasteiger partial charge in [0.1, 0.15) is 0 Å². The lowest BCUT2D eigenvalue weighted by molar-refractivity contribution is -0.137. The number of aliphatic hydroxyl groups is 1. The topological polar surface area (TPSA) is 41.5 Å². The van der Waals surface area contributed by atoms with Crippen molar-refractivity contribution < 1.29 is 23.0 Å². The number of ether oxygens (including phenoxy) is 1. The van der Waals surface area contributed by atoms with Crippen molar-refractivity contribution in [3.05, 3.63) is 34.3 Å². The molecule has 0 fully saturated rings. The lowest BCUT2D eigenvalue weighted by atomic mass is 10.1. The first kappa shape index (κ1) is 16.2. The molecule has 0 amide bonds. The summed E-state index contributed by atoms with van der Waals surface area (Å²) >= 11 is 5.83. The van der Waals surface area contributed by atoms with Crippen LogP contribution in [0.25, 0.3) is 0 Å². The van der Waals surface area contributed by atoms with Crippen molar-refractivity contribution in [2.75, 3.05) is 20.3 Å². The van der Waals surface area contributed by atoms with Crippen LogP contribution in [0.2, 0.25) is 5.02 Å². The maximum absolute atomic E-state index is 12.5. The fourth-order valence-electron chi connectivity index (χ4n) is 1.51. The summed E-state index contributed by atoms with van der Waals surface area (Å²) in [4.78, 5) is 0. The third-order valence-electron chi connectivity index (χ3n) is 2.43.